The van der Waals surface area contributed by atoms with Gasteiger partial charge in [-0.05, 0) is 30.6 Å². The van der Waals surface area contributed by atoms with E-state index in [1.807, 2.05) is 13.8 Å². The average molecular weight is 579 g/mol. The van der Waals surface area contributed by atoms with Crippen LogP contribution in [-0.2, 0) is 28.4 Å². The molecule has 0 amide bonds. The summed E-state index contributed by atoms with van der Waals surface area (Å²) in [5, 5.41) is 0. The van der Waals surface area contributed by atoms with E-state index in [-0.39, 0.29) is 0 Å². The van der Waals surface area contributed by atoms with E-state index in [2.05, 4.69) is 65.2 Å². The lowest BCUT2D eigenvalue weighted by atomic mass is 10.1. The molecule has 0 rings (SSSR count). The highest BCUT2D eigenvalue weighted by molar-refractivity contribution is 4.87. The van der Waals surface area contributed by atoms with Gasteiger partial charge in [-0.2, -0.15) is 0 Å². The maximum Gasteiger partial charge on any atom is 0.107 e. The van der Waals surface area contributed by atoms with Gasteiger partial charge in [0.15, 0.2) is 0 Å². The van der Waals surface area contributed by atoms with E-state index in [0.29, 0.717) is 89.7 Å². The van der Waals surface area contributed by atoms with Crippen molar-refractivity contribution in [2.24, 2.45) is 23.7 Å². The Bertz CT molecular complexity index is 644. The summed E-state index contributed by atoms with van der Waals surface area (Å²) in [5.41, 5.74) is 0. The van der Waals surface area contributed by atoms with Gasteiger partial charge in [-0.25, -0.2) is 0 Å². The molecule has 0 saturated carbocycles. The summed E-state index contributed by atoms with van der Waals surface area (Å²) in [6, 6.07) is 0. The van der Waals surface area contributed by atoms with Crippen molar-refractivity contribution in [1.29, 1.82) is 0 Å². The van der Waals surface area contributed by atoms with Gasteiger partial charge >= 0.3 is 0 Å². The summed E-state index contributed by atoms with van der Waals surface area (Å²) < 4.78 is 31.4. The fourth-order valence-electron chi connectivity index (χ4n) is 2.02. The Balaban J connectivity index is -0.000000254. The van der Waals surface area contributed by atoms with Crippen LogP contribution in [-0.4, -0.2) is 79.3 Å². The molecule has 0 unspecified atom stereocenters. The third-order valence-electron chi connectivity index (χ3n) is 4.40. The molecule has 0 fully saturated rings. The number of hydrogen-bond donors (Lipinski definition) is 0. The second-order valence-electron chi connectivity index (χ2n) is 10.5. The molecule has 6 heteroatoms. The van der Waals surface area contributed by atoms with Crippen molar-refractivity contribution in [3.63, 3.8) is 0 Å². The first-order valence-electron chi connectivity index (χ1n) is 14.8. The molecule has 0 aromatic rings. The lowest BCUT2D eigenvalue weighted by Gasteiger charge is -2.07. The largest absolute Gasteiger partial charge is 0.379 e. The number of terminal acetylenes is 4. The van der Waals surface area contributed by atoms with Crippen LogP contribution in [0.2, 0.25) is 0 Å². The smallest absolute Gasteiger partial charge is 0.107 e. The van der Waals surface area contributed by atoms with Crippen molar-refractivity contribution in [3.05, 3.63) is 0 Å². The average Bonchev–Trinajstić information content (AvgIpc) is 2.91. The summed E-state index contributed by atoms with van der Waals surface area (Å²) >= 11 is 0. The fourth-order valence-corrected chi connectivity index (χ4v) is 2.02. The van der Waals surface area contributed by atoms with Crippen LogP contribution in [0.1, 0.15) is 74.7 Å². The van der Waals surface area contributed by atoms with Crippen molar-refractivity contribution in [1.82, 2.24) is 0 Å². The van der Waals surface area contributed by atoms with Gasteiger partial charge in [0, 0.05) is 25.6 Å². The van der Waals surface area contributed by atoms with Crippen LogP contribution in [0.4, 0.5) is 0 Å². The monoisotopic (exact) mass is 578 g/mol. The molecule has 0 aliphatic heterocycles. The summed E-state index contributed by atoms with van der Waals surface area (Å²) in [6.07, 6.45) is 23.0. The molecule has 0 atom stereocenters. The Hall–Kier alpha value is -2.00. The van der Waals surface area contributed by atoms with Crippen molar-refractivity contribution in [2.75, 3.05) is 79.3 Å². The van der Waals surface area contributed by atoms with Crippen LogP contribution in [0.15, 0.2) is 0 Å². The summed E-state index contributed by atoms with van der Waals surface area (Å²) in [7, 11) is 0. The van der Waals surface area contributed by atoms with Crippen molar-refractivity contribution < 1.29 is 28.4 Å². The second-order valence-corrected chi connectivity index (χ2v) is 10.5. The van der Waals surface area contributed by atoms with E-state index in [0.717, 1.165) is 32.5 Å². The van der Waals surface area contributed by atoms with E-state index < -0.39 is 0 Å². The van der Waals surface area contributed by atoms with Crippen LogP contribution >= 0.6 is 0 Å². The normalized spacial score (nSPS) is 9.85. The number of rotatable bonds is 21. The Morgan fingerprint density at radius 3 is 0.902 bits per heavy atom. The van der Waals surface area contributed by atoms with Crippen molar-refractivity contribution >= 4 is 0 Å². The molecule has 6 nitrogen and oxygen atoms in total. The van der Waals surface area contributed by atoms with Gasteiger partial charge in [0.2, 0.25) is 0 Å². The zero-order valence-electron chi connectivity index (χ0n) is 27.7. The first kappa shape index (κ1) is 46.0. The molecular formula is C35H62O6. The Kier molecular flexibility index (Phi) is 47.6. The predicted octanol–water partition coefficient (Wildman–Crippen LogP) is 6.37. The van der Waals surface area contributed by atoms with E-state index in [4.69, 9.17) is 54.1 Å². The lowest BCUT2D eigenvalue weighted by Crippen LogP contribution is -2.12. The maximum atomic E-state index is 5.41. The van der Waals surface area contributed by atoms with Gasteiger partial charge in [0.25, 0.3) is 0 Å². The zero-order chi connectivity index (χ0) is 32.0. The minimum atomic E-state index is 0.341. The minimum absolute atomic E-state index is 0.341. The van der Waals surface area contributed by atoms with Crippen molar-refractivity contribution in [2.45, 2.75) is 74.7 Å². The van der Waals surface area contributed by atoms with Gasteiger partial charge < -0.3 is 28.4 Å². The summed E-state index contributed by atoms with van der Waals surface area (Å²) in [5.74, 6) is 12.4. The lowest BCUT2D eigenvalue weighted by molar-refractivity contribution is 0.000257. The van der Waals surface area contributed by atoms with Crippen LogP contribution in [0.3, 0.4) is 0 Å². The van der Waals surface area contributed by atoms with Crippen molar-refractivity contribution in [3.8, 4) is 49.4 Å². The predicted molar refractivity (Wildman–Crippen MR) is 173 cm³/mol. The Morgan fingerprint density at radius 1 is 0.415 bits per heavy atom. The summed E-state index contributed by atoms with van der Waals surface area (Å²) in [4.78, 5) is 0. The molecule has 238 valence electrons. The van der Waals surface area contributed by atoms with E-state index in [9.17, 15) is 0 Å². The minimum Gasteiger partial charge on any atom is -0.379 e. The topological polar surface area (TPSA) is 55.4 Å². The molecule has 0 radical (unpaired) electrons. The zero-order valence-corrected chi connectivity index (χ0v) is 27.7. The third kappa shape index (κ3) is 67.6. The van der Waals surface area contributed by atoms with Gasteiger partial charge in [0.1, 0.15) is 13.2 Å². The van der Waals surface area contributed by atoms with Gasteiger partial charge in [-0.3, -0.25) is 0 Å². The van der Waals surface area contributed by atoms with E-state index in [1.54, 1.807) is 0 Å². The fraction of sp³-hybridized carbons (Fsp3) is 0.771. The Morgan fingerprint density at radius 2 is 0.707 bits per heavy atom. The highest BCUT2D eigenvalue weighted by Gasteiger charge is 1.95. The maximum absolute atomic E-state index is 5.41. The first-order chi connectivity index (χ1) is 19.6. The molecule has 0 N–H and O–H groups in total. The molecule has 0 saturated heterocycles. The van der Waals surface area contributed by atoms with Crippen LogP contribution in [0, 0.1) is 73.0 Å². The second kappa shape index (κ2) is 42.5. The van der Waals surface area contributed by atoms with Gasteiger partial charge in [-0.1, -0.05) is 67.2 Å². The van der Waals surface area contributed by atoms with E-state index >= 15 is 0 Å². The van der Waals surface area contributed by atoms with Crippen LogP contribution in [0.25, 0.3) is 0 Å². The van der Waals surface area contributed by atoms with E-state index in [1.165, 1.54) is 0 Å². The van der Waals surface area contributed by atoms with Crippen LogP contribution < -0.4 is 0 Å². The molecule has 0 aromatic carbocycles. The first-order valence-corrected chi connectivity index (χ1v) is 14.8. The highest BCUT2D eigenvalue weighted by Crippen LogP contribution is 1.99. The summed E-state index contributed by atoms with van der Waals surface area (Å²) in [6.45, 7) is 24.0. The molecule has 0 aliphatic carbocycles. The molecule has 0 aliphatic rings. The number of hydrogen-bond acceptors (Lipinski definition) is 6. The standard InChI is InChI=1S/C14H26O4.C10H18O2.C6H10.C5H8/c1-4-6-15-8-10-17-12-13-18-11-9-16-7-5-14(2)3;1-4-6-11-8-9-12-7-5-10(2)3;1-4-5-6(2)3;1-4-5(2)3/h1,14H,5-13H2,2-3H3;1,10H,5-9H2,2-3H3;1,6H,5H2,2-3H3;1,5H,2-3H3. The molecule has 0 bridgehead atoms. The van der Waals surface area contributed by atoms with Gasteiger partial charge in [-0.15, -0.1) is 37.5 Å². The third-order valence-corrected chi connectivity index (χ3v) is 4.40. The number of ether oxygens (including phenoxy) is 6. The highest BCUT2D eigenvalue weighted by atomic mass is 16.6. The quantitative estimate of drug-likeness (QED) is 0.117. The Labute approximate surface area is 255 Å². The van der Waals surface area contributed by atoms with Gasteiger partial charge in [0.05, 0.1) is 52.9 Å². The van der Waals surface area contributed by atoms with Crippen LogP contribution in [0.5, 0.6) is 0 Å². The molecule has 0 spiro atoms. The molecule has 41 heavy (non-hydrogen) atoms. The SMILES string of the molecule is C#CC(C)C.C#CCC(C)C.C#CCOCCOCCC(C)C.C#CCOCCOCCOCCOCCC(C)C. The molecule has 0 heterocycles. The molecule has 0 aromatic heterocycles. The molecular weight excluding hydrogens is 516 g/mol.